The average molecular weight is 272 g/mol. The molecule has 0 amide bonds. The summed E-state index contributed by atoms with van der Waals surface area (Å²) < 4.78 is 27.1. The molecule has 1 unspecified atom stereocenters. The van der Waals surface area contributed by atoms with Crippen molar-refractivity contribution in [2.24, 2.45) is 0 Å². The molecule has 3 rings (SSSR count). The fourth-order valence-electron chi connectivity index (χ4n) is 2.64. The molecule has 1 aliphatic rings. The first kappa shape index (κ1) is 12.8. The van der Waals surface area contributed by atoms with Crippen molar-refractivity contribution >= 4 is 5.84 Å². The summed E-state index contributed by atoms with van der Waals surface area (Å²) in [5.74, 6) is -0.390. The first-order chi connectivity index (χ1) is 9.58. The Kier molecular flexibility index (Phi) is 3.01. The summed E-state index contributed by atoms with van der Waals surface area (Å²) in [6.07, 6.45) is 0. The van der Waals surface area contributed by atoms with Crippen LogP contribution in [-0.2, 0) is 6.54 Å². The van der Waals surface area contributed by atoms with Crippen molar-refractivity contribution in [2.45, 2.75) is 19.5 Å². The summed E-state index contributed by atoms with van der Waals surface area (Å²) >= 11 is 0. The summed E-state index contributed by atoms with van der Waals surface area (Å²) in [5.41, 5.74) is 2.04. The standard InChI is InChI=1S/C16H14F2N2/c1-10(13-4-2-3-5-15(13)18)20-9-11-6-7-12(17)8-14(11)16(20)19/h2-8,10,19H,9H2,1H3. The van der Waals surface area contributed by atoms with Crippen molar-refractivity contribution in [3.8, 4) is 0 Å². The normalized spacial score (nSPS) is 15.3. The molecule has 0 bridgehead atoms. The van der Waals surface area contributed by atoms with Gasteiger partial charge in [-0.15, -0.1) is 0 Å². The number of nitrogens with one attached hydrogen (secondary N) is 1. The lowest BCUT2D eigenvalue weighted by Gasteiger charge is -2.26. The Hall–Kier alpha value is -2.23. The summed E-state index contributed by atoms with van der Waals surface area (Å²) in [6, 6.07) is 10.7. The molecule has 0 aromatic heterocycles. The molecule has 0 radical (unpaired) electrons. The van der Waals surface area contributed by atoms with Crippen LogP contribution >= 0.6 is 0 Å². The van der Waals surface area contributed by atoms with Crippen LogP contribution in [0.15, 0.2) is 42.5 Å². The minimum atomic E-state index is -0.353. The molecule has 1 heterocycles. The Balaban J connectivity index is 1.94. The Morgan fingerprint density at radius 3 is 2.65 bits per heavy atom. The SMILES string of the molecule is CC(c1ccccc1F)N1Cc2ccc(F)cc2C1=N. The van der Waals surface area contributed by atoms with E-state index in [1.165, 1.54) is 18.2 Å². The van der Waals surface area contributed by atoms with Crippen LogP contribution in [0.2, 0.25) is 0 Å². The lowest BCUT2D eigenvalue weighted by Crippen LogP contribution is -2.27. The van der Waals surface area contributed by atoms with E-state index in [-0.39, 0.29) is 23.5 Å². The maximum absolute atomic E-state index is 13.9. The highest BCUT2D eigenvalue weighted by Crippen LogP contribution is 2.32. The number of rotatable bonds is 2. The van der Waals surface area contributed by atoms with Gasteiger partial charge in [-0.2, -0.15) is 0 Å². The average Bonchev–Trinajstić information content (AvgIpc) is 2.76. The first-order valence-electron chi connectivity index (χ1n) is 6.46. The van der Waals surface area contributed by atoms with Gasteiger partial charge in [0.1, 0.15) is 17.5 Å². The van der Waals surface area contributed by atoms with Crippen LogP contribution in [0.4, 0.5) is 8.78 Å². The third-order valence-electron chi connectivity index (χ3n) is 3.78. The highest BCUT2D eigenvalue weighted by Gasteiger charge is 2.29. The number of fused-ring (bicyclic) bond motifs is 1. The van der Waals surface area contributed by atoms with E-state index in [0.717, 1.165) is 5.56 Å². The number of hydrogen-bond donors (Lipinski definition) is 1. The van der Waals surface area contributed by atoms with Crippen molar-refractivity contribution in [3.63, 3.8) is 0 Å². The van der Waals surface area contributed by atoms with Crippen LogP contribution in [0.25, 0.3) is 0 Å². The van der Waals surface area contributed by atoms with Gasteiger partial charge in [0.15, 0.2) is 0 Å². The van der Waals surface area contributed by atoms with Gasteiger partial charge >= 0.3 is 0 Å². The summed E-state index contributed by atoms with van der Waals surface area (Å²) in [6.45, 7) is 2.36. The molecule has 0 fully saturated rings. The van der Waals surface area contributed by atoms with E-state index < -0.39 is 0 Å². The van der Waals surface area contributed by atoms with Crippen LogP contribution in [0, 0.1) is 17.0 Å². The van der Waals surface area contributed by atoms with Crippen LogP contribution in [0.3, 0.4) is 0 Å². The summed E-state index contributed by atoms with van der Waals surface area (Å²) in [7, 11) is 0. The number of halogens is 2. The monoisotopic (exact) mass is 272 g/mol. The van der Waals surface area contributed by atoms with Crippen molar-refractivity contribution in [1.29, 1.82) is 5.41 Å². The van der Waals surface area contributed by atoms with E-state index in [9.17, 15) is 8.78 Å². The molecule has 2 nitrogen and oxygen atoms in total. The molecule has 102 valence electrons. The number of hydrogen-bond acceptors (Lipinski definition) is 1. The van der Waals surface area contributed by atoms with E-state index in [1.54, 1.807) is 29.2 Å². The third kappa shape index (κ3) is 1.97. The molecule has 0 saturated heterocycles. The molecule has 2 aromatic carbocycles. The second-order valence-electron chi connectivity index (χ2n) is 4.98. The second-order valence-corrected chi connectivity index (χ2v) is 4.98. The van der Waals surface area contributed by atoms with E-state index in [0.29, 0.717) is 17.7 Å². The minimum absolute atomic E-state index is 0.246. The van der Waals surface area contributed by atoms with Crippen molar-refractivity contribution in [1.82, 2.24) is 4.90 Å². The van der Waals surface area contributed by atoms with E-state index >= 15 is 0 Å². The zero-order chi connectivity index (χ0) is 14.3. The second kappa shape index (κ2) is 4.71. The lowest BCUT2D eigenvalue weighted by molar-refractivity contribution is 0.333. The van der Waals surface area contributed by atoms with Gasteiger partial charge in [-0.05, 0) is 30.7 Å². The molecular weight excluding hydrogens is 258 g/mol. The van der Waals surface area contributed by atoms with Crippen molar-refractivity contribution in [2.75, 3.05) is 0 Å². The fraction of sp³-hybridized carbons (Fsp3) is 0.188. The molecule has 20 heavy (non-hydrogen) atoms. The van der Waals surface area contributed by atoms with Gasteiger partial charge in [-0.3, -0.25) is 5.41 Å². The Bertz CT molecular complexity index is 682. The molecule has 1 atom stereocenters. The number of benzene rings is 2. The highest BCUT2D eigenvalue weighted by atomic mass is 19.1. The fourth-order valence-corrected chi connectivity index (χ4v) is 2.64. The molecule has 0 spiro atoms. The summed E-state index contributed by atoms with van der Waals surface area (Å²) in [5, 5.41) is 8.17. The topological polar surface area (TPSA) is 27.1 Å². The Labute approximate surface area is 116 Å². The van der Waals surface area contributed by atoms with Gasteiger partial charge in [-0.25, -0.2) is 8.78 Å². The van der Waals surface area contributed by atoms with Gasteiger partial charge in [-0.1, -0.05) is 24.3 Å². The van der Waals surface area contributed by atoms with E-state index in [1.807, 2.05) is 6.92 Å². The zero-order valence-corrected chi connectivity index (χ0v) is 11.0. The van der Waals surface area contributed by atoms with Gasteiger partial charge in [0, 0.05) is 17.7 Å². The molecule has 4 heteroatoms. The lowest BCUT2D eigenvalue weighted by atomic mass is 10.1. The maximum atomic E-state index is 13.9. The molecule has 1 aliphatic heterocycles. The zero-order valence-electron chi connectivity index (χ0n) is 11.0. The number of nitrogens with zero attached hydrogens (tertiary/aromatic N) is 1. The minimum Gasteiger partial charge on any atom is -0.345 e. The Morgan fingerprint density at radius 1 is 1.15 bits per heavy atom. The highest BCUT2D eigenvalue weighted by molar-refractivity contribution is 6.00. The first-order valence-corrected chi connectivity index (χ1v) is 6.46. The van der Waals surface area contributed by atoms with Crippen LogP contribution in [0.1, 0.15) is 29.7 Å². The largest absolute Gasteiger partial charge is 0.345 e. The summed E-state index contributed by atoms with van der Waals surface area (Å²) in [4.78, 5) is 1.78. The number of amidine groups is 1. The van der Waals surface area contributed by atoms with Crippen LogP contribution in [0.5, 0.6) is 0 Å². The van der Waals surface area contributed by atoms with E-state index in [4.69, 9.17) is 5.41 Å². The molecular formula is C16H14F2N2. The maximum Gasteiger partial charge on any atom is 0.129 e. The quantitative estimate of drug-likeness (QED) is 0.882. The van der Waals surface area contributed by atoms with Crippen molar-refractivity contribution < 1.29 is 8.78 Å². The molecule has 2 aromatic rings. The van der Waals surface area contributed by atoms with Gasteiger partial charge < -0.3 is 4.90 Å². The van der Waals surface area contributed by atoms with Gasteiger partial charge in [0.2, 0.25) is 0 Å². The third-order valence-corrected chi connectivity index (χ3v) is 3.78. The Morgan fingerprint density at radius 2 is 1.90 bits per heavy atom. The predicted octanol–water partition coefficient (Wildman–Crippen LogP) is 3.87. The molecule has 0 saturated carbocycles. The van der Waals surface area contributed by atoms with Gasteiger partial charge in [0.05, 0.1) is 6.04 Å². The van der Waals surface area contributed by atoms with Crippen LogP contribution < -0.4 is 0 Å². The molecule has 0 aliphatic carbocycles. The molecule has 1 N–H and O–H groups in total. The van der Waals surface area contributed by atoms with Gasteiger partial charge in [0.25, 0.3) is 0 Å². The van der Waals surface area contributed by atoms with E-state index in [2.05, 4.69) is 0 Å². The predicted molar refractivity (Wildman–Crippen MR) is 73.6 cm³/mol. The smallest absolute Gasteiger partial charge is 0.129 e. The van der Waals surface area contributed by atoms with Crippen LogP contribution in [-0.4, -0.2) is 10.7 Å². The van der Waals surface area contributed by atoms with Crippen molar-refractivity contribution in [3.05, 3.63) is 70.8 Å².